The van der Waals surface area contributed by atoms with Gasteiger partial charge < -0.3 is 28.5 Å². The number of hydrogen-bond acceptors (Lipinski definition) is 9. The number of nitrogens with zero attached hydrogens (tertiary/aromatic N) is 1. The summed E-state index contributed by atoms with van der Waals surface area (Å²) in [6.07, 6.45) is -0.365. The predicted octanol–water partition coefficient (Wildman–Crippen LogP) is 4.47. The number of aliphatic hydroxyl groups is 1. The number of halogens is 1. The first-order chi connectivity index (χ1) is 19.2. The number of aryl methyl sites for hydroxylation is 1. The van der Waals surface area contributed by atoms with Gasteiger partial charge in [-0.05, 0) is 46.3 Å². The zero-order chi connectivity index (χ0) is 29.1. The highest BCUT2D eigenvalue weighted by Gasteiger charge is 2.46. The number of hydrogen-bond donors (Lipinski definition) is 1. The molecule has 1 aliphatic heterocycles. The number of furan rings is 1. The summed E-state index contributed by atoms with van der Waals surface area (Å²) in [5.41, 5.74) is 0.845. The number of imide groups is 1. The van der Waals surface area contributed by atoms with Crippen LogP contribution in [0.3, 0.4) is 0 Å². The molecular formula is C29H38BrNO9. The second kappa shape index (κ2) is 15.9. The smallest absolute Gasteiger partial charge is 0.416 e. The summed E-state index contributed by atoms with van der Waals surface area (Å²) in [6, 6.07) is 10.6. The van der Waals surface area contributed by atoms with Crippen molar-refractivity contribution in [2.75, 3.05) is 39.6 Å². The van der Waals surface area contributed by atoms with Crippen molar-refractivity contribution in [2.45, 2.75) is 52.2 Å². The standard InChI is InChI=1S/C29H38BrNO9/c1-19(2)24-18-38-29(35)31(24)28(34)22(16-21-8-5-4-6-9-21)27(39-20(3)33)26-17-23(30)25(40-26)10-7-12-36-14-15-37-13-11-32/h4-6,8-9,17,19,22,24,27,32H,7,10-16,18H2,1-3H3/t22-,24+,27-/m1/s1. The Hall–Kier alpha value is -2.73. The largest absolute Gasteiger partial charge is 0.461 e. The van der Waals surface area contributed by atoms with Crippen LogP contribution in [0, 0.1) is 11.8 Å². The topological polar surface area (TPSA) is 125 Å². The molecule has 1 aromatic heterocycles. The van der Waals surface area contributed by atoms with Crippen molar-refractivity contribution < 1.29 is 42.9 Å². The Kier molecular flexibility index (Phi) is 12.6. The van der Waals surface area contributed by atoms with Gasteiger partial charge in [0.15, 0.2) is 6.10 Å². The van der Waals surface area contributed by atoms with E-state index in [4.69, 9.17) is 28.5 Å². The average molecular weight is 625 g/mol. The van der Waals surface area contributed by atoms with Crippen molar-refractivity contribution in [1.82, 2.24) is 4.90 Å². The summed E-state index contributed by atoms with van der Waals surface area (Å²) in [7, 11) is 0. The maximum absolute atomic E-state index is 14.0. The fraction of sp³-hybridized carbons (Fsp3) is 0.552. The molecule has 0 aliphatic carbocycles. The van der Waals surface area contributed by atoms with E-state index in [1.165, 1.54) is 6.92 Å². The molecule has 2 heterocycles. The number of benzene rings is 1. The summed E-state index contributed by atoms with van der Waals surface area (Å²) < 4.78 is 28.5. The third kappa shape index (κ3) is 8.89. The SMILES string of the molecule is CC(=O)O[C@@H](c1cc(Br)c(CCCOCCOCCO)o1)[C@@H](Cc1ccccc1)C(=O)N1C(=O)OC[C@H]1C(C)C. The first-order valence-electron chi connectivity index (χ1n) is 13.5. The number of carbonyl (C=O) groups excluding carboxylic acids is 3. The number of ether oxygens (including phenoxy) is 4. The Morgan fingerprint density at radius 3 is 2.48 bits per heavy atom. The van der Waals surface area contributed by atoms with Gasteiger partial charge in [-0.2, -0.15) is 0 Å². The number of aliphatic hydroxyl groups excluding tert-OH is 1. The highest BCUT2D eigenvalue weighted by molar-refractivity contribution is 9.10. The summed E-state index contributed by atoms with van der Waals surface area (Å²) in [6.45, 7) is 6.78. The third-order valence-electron chi connectivity index (χ3n) is 6.54. The van der Waals surface area contributed by atoms with Gasteiger partial charge >= 0.3 is 12.1 Å². The molecule has 1 fully saturated rings. The lowest BCUT2D eigenvalue weighted by atomic mass is 9.90. The second-order valence-electron chi connectivity index (χ2n) is 9.89. The molecule has 1 aromatic carbocycles. The zero-order valence-electron chi connectivity index (χ0n) is 23.2. The summed E-state index contributed by atoms with van der Waals surface area (Å²) in [5.74, 6) is -1.09. The summed E-state index contributed by atoms with van der Waals surface area (Å²) >= 11 is 3.53. The first kappa shape index (κ1) is 31.8. The van der Waals surface area contributed by atoms with Gasteiger partial charge in [0, 0.05) is 20.0 Å². The molecule has 0 radical (unpaired) electrons. The maximum atomic E-state index is 14.0. The fourth-order valence-electron chi connectivity index (χ4n) is 4.53. The van der Waals surface area contributed by atoms with E-state index in [1.54, 1.807) is 6.07 Å². The van der Waals surface area contributed by atoms with E-state index < -0.39 is 36.0 Å². The number of esters is 1. The normalized spacial score (nSPS) is 16.7. The fourth-order valence-corrected chi connectivity index (χ4v) is 5.03. The molecule has 0 unspecified atom stereocenters. The molecule has 0 saturated carbocycles. The van der Waals surface area contributed by atoms with Gasteiger partial charge in [0.25, 0.3) is 0 Å². The summed E-state index contributed by atoms with van der Waals surface area (Å²) in [5, 5.41) is 8.74. The molecule has 0 spiro atoms. The van der Waals surface area contributed by atoms with Crippen molar-refractivity contribution in [3.63, 3.8) is 0 Å². The van der Waals surface area contributed by atoms with Crippen molar-refractivity contribution in [1.29, 1.82) is 0 Å². The molecule has 2 aromatic rings. The highest BCUT2D eigenvalue weighted by Crippen LogP contribution is 2.37. The average Bonchev–Trinajstić information content (AvgIpc) is 3.50. The lowest BCUT2D eigenvalue weighted by Gasteiger charge is -2.30. The van der Waals surface area contributed by atoms with Crippen molar-refractivity contribution in [3.8, 4) is 0 Å². The molecule has 3 atom stereocenters. The predicted molar refractivity (Wildman–Crippen MR) is 148 cm³/mol. The molecule has 1 aliphatic rings. The van der Waals surface area contributed by atoms with Gasteiger partial charge in [0.2, 0.25) is 5.91 Å². The Morgan fingerprint density at radius 2 is 1.82 bits per heavy atom. The molecule has 1 saturated heterocycles. The van der Waals surface area contributed by atoms with Crippen molar-refractivity contribution in [2.24, 2.45) is 11.8 Å². The number of amides is 2. The molecule has 11 heteroatoms. The van der Waals surface area contributed by atoms with E-state index in [-0.39, 0.29) is 32.2 Å². The van der Waals surface area contributed by atoms with Gasteiger partial charge in [-0.3, -0.25) is 9.59 Å². The number of rotatable bonds is 16. The van der Waals surface area contributed by atoms with Crippen LogP contribution in [0.2, 0.25) is 0 Å². The Morgan fingerprint density at radius 1 is 1.12 bits per heavy atom. The van der Waals surface area contributed by atoms with Crippen LogP contribution in [-0.4, -0.2) is 73.7 Å². The van der Waals surface area contributed by atoms with Gasteiger partial charge in [-0.25, -0.2) is 9.69 Å². The second-order valence-corrected chi connectivity index (χ2v) is 10.7. The van der Waals surface area contributed by atoms with E-state index in [1.807, 2.05) is 44.2 Å². The number of carbonyl (C=O) groups is 3. The molecule has 2 amide bonds. The van der Waals surface area contributed by atoms with Crippen LogP contribution in [-0.2, 0) is 41.4 Å². The van der Waals surface area contributed by atoms with Crippen molar-refractivity contribution >= 4 is 33.9 Å². The monoisotopic (exact) mass is 623 g/mol. The van der Waals surface area contributed by atoms with Crippen LogP contribution in [0.25, 0.3) is 0 Å². The van der Waals surface area contributed by atoms with E-state index >= 15 is 0 Å². The lowest BCUT2D eigenvalue weighted by molar-refractivity contribution is -0.155. The Bertz CT molecular complexity index is 1100. The van der Waals surface area contributed by atoms with Crippen LogP contribution < -0.4 is 0 Å². The Labute approximate surface area is 243 Å². The molecular weight excluding hydrogens is 586 g/mol. The van der Waals surface area contributed by atoms with E-state index in [0.717, 1.165) is 10.5 Å². The molecule has 0 bridgehead atoms. The van der Waals surface area contributed by atoms with E-state index in [2.05, 4.69) is 15.9 Å². The van der Waals surface area contributed by atoms with E-state index in [0.29, 0.717) is 48.7 Å². The maximum Gasteiger partial charge on any atom is 0.416 e. The highest BCUT2D eigenvalue weighted by atomic mass is 79.9. The number of cyclic esters (lactones) is 1. The minimum absolute atomic E-state index is 0.0206. The quantitative estimate of drug-likeness (QED) is 0.213. The van der Waals surface area contributed by atoms with Gasteiger partial charge in [0.05, 0.1) is 42.9 Å². The van der Waals surface area contributed by atoms with Crippen LogP contribution in [0.4, 0.5) is 4.79 Å². The molecule has 1 N–H and O–H groups in total. The minimum atomic E-state index is -1.07. The van der Waals surface area contributed by atoms with Crippen LogP contribution in [0.5, 0.6) is 0 Å². The summed E-state index contributed by atoms with van der Waals surface area (Å²) in [4.78, 5) is 40.2. The Balaban J connectivity index is 1.83. The molecule has 3 rings (SSSR count). The van der Waals surface area contributed by atoms with Crippen LogP contribution in [0.15, 0.2) is 45.3 Å². The minimum Gasteiger partial charge on any atom is -0.461 e. The first-order valence-corrected chi connectivity index (χ1v) is 14.3. The van der Waals surface area contributed by atoms with Crippen LogP contribution >= 0.6 is 15.9 Å². The molecule has 10 nitrogen and oxygen atoms in total. The molecule has 40 heavy (non-hydrogen) atoms. The van der Waals surface area contributed by atoms with Crippen molar-refractivity contribution in [3.05, 3.63) is 58.0 Å². The van der Waals surface area contributed by atoms with Gasteiger partial charge in [0.1, 0.15) is 18.1 Å². The van der Waals surface area contributed by atoms with Crippen LogP contribution in [0.1, 0.15) is 50.4 Å². The zero-order valence-corrected chi connectivity index (χ0v) is 24.8. The van der Waals surface area contributed by atoms with Gasteiger partial charge in [-0.1, -0.05) is 44.2 Å². The van der Waals surface area contributed by atoms with Gasteiger partial charge in [-0.15, -0.1) is 0 Å². The van der Waals surface area contributed by atoms with E-state index in [9.17, 15) is 14.4 Å². The third-order valence-corrected chi connectivity index (χ3v) is 7.22. The molecule has 220 valence electrons. The lowest BCUT2D eigenvalue weighted by Crippen LogP contribution is -2.47.